The SMILES string of the molecule is CCCCCCCC/C=C\CCCCCCCCCC(=O)OC(COC(=O)CCCCCCCCCCCCCCCCCCCCCCCCCCC)COC(OCC[N+](C)(C)C)C(=O)[O-]. The molecule has 0 heterocycles. The predicted octanol–water partition coefficient (Wildman–Crippen LogP) is 15.2. The summed E-state index contributed by atoms with van der Waals surface area (Å²) in [6.07, 6.45) is 54.0. The van der Waals surface area contributed by atoms with Crippen molar-refractivity contribution in [3.63, 3.8) is 0 Å². The molecule has 0 bridgehead atoms. The van der Waals surface area contributed by atoms with Crippen LogP contribution in [-0.4, -0.2) is 82.3 Å². The second-order valence-corrected chi connectivity index (χ2v) is 20.9. The van der Waals surface area contributed by atoms with Crippen molar-refractivity contribution in [1.82, 2.24) is 0 Å². The maximum absolute atomic E-state index is 12.8. The number of aliphatic carboxylic acids is 1. The number of carbonyl (C=O) groups excluding carboxylic acids is 3. The molecular weight excluding hydrogens is 839 g/mol. The van der Waals surface area contributed by atoms with Gasteiger partial charge in [-0.05, 0) is 38.5 Å². The topological polar surface area (TPSA) is 111 Å². The number of likely N-dealkylation sites (N-methyl/N-ethyl adjacent to an activating group) is 1. The number of carboxylic acids is 1. The maximum Gasteiger partial charge on any atom is 0.306 e. The molecule has 0 aliphatic heterocycles. The number of hydrogen-bond donors (Lipinski definition) is 0. The molecule has 0 aromatic heterocycles. The second kappa shape index (κ2) is 50.4. The minimum atomic E-state index is -1.62. The van der Waals surface area contributed by atoms with Crippen molar-refractivity contribution >= 4 is 17.9 Å². The first-order valence-corrected chi connectivity index (χ1v) is 28.8. The fraction of sp³-hybridized carbons (Fsp3) is 0.914. The third-order valence-electron chi connectivity index (χ3n) is 13.0. The van der Waals surface area contributed by atoms with Crippen LogP contribution in [0.25, 0.3) is 0 Å². The van der Waals surface area contributed by atoms with E-state index in [1.54, 1.807) is 0 Å². The molecule has 0 aliphatic rings. The maximum atomic E-state index is 12.8. The molecule has 0 fully saturated rings. The molecule has 0 rings (SSSR count). The minimum absolute atomic E-state index is 0.150. The molecule has 0 saturated carbocycles. The van der Waals surface area contributed by atoms with Gasteiger partial charge in [0.15, 0.2) is 12.4 Å². The summed E-state index contributed by atoms with van der Waals surface area (Å²) in [4.78, 5) is 37.2. The van der Waals surface area contributed by atoms with Gasteiger partial charge in [-0.15, -0.1) is 0 Å². The number of allylic oxidation sites excluding steroid dienone is 2. The summed E-state index contributed by atoms with van der Waals surface area (Å²) in [7, 11) is 5.93. The number of rotatable bonds is 54. The van der Waals surface area contributed by atoms with Gasteiger partial charge in [-0.25, -0.2) is 0 Å². The van der Waals surface area contributed by atoms with Crippen LogP contribution < -0.4 is 5.11 Å². The smallest absolute Gasteiger partial charge is 0.306 e. The van der Waals surface area contributed by atoms with Gasteiger partial charge in [0.2, 0.25) is 0 Å². The van der Waals surface area contributed by atoms with Gasteiger partial charge >= 0.3 is 11.9 Å². The zero-order valence-electron chi connectivity index (χ0n) is 45.0. The second-order valence-electron chi connectivity index (χ2n) is 20.9. The molecule has 0 aliphatic carbocycles. The van der Waals surface area contributed by atoms with E-state index >= 15 is 0 Å². The quantitative estimate of drug-likeness (QED) is 0.0195. The van der Waals surface area contributed by atoms with Crippen LogP contribution in [0.5, 0.6) is 0 Å². The van der Waals surface area contributed by atoms with Crippen molar-refractivity contribution < 1.29 is 42.9 Å². The molecule has 2 unspecified atom stereocenters. The first kappa shape index (κ1) is 65.0. The number of quaternary nitrogens is 1. The van der Waals surface area contributed by atoms with E-state index in [1.807, 2.05) is 21.1 Å². The largest absolute Gasteiger partial charge is 0.545 e. The van der Waals surface area contributed by atoms with Crippen LogP contribution in [0.15, 0.2) is 12.2 Å². The standard InChI is InChI=1S/C58H111NO8/c1-6-8-10-12-14-16-18-20-22-24-25-26-27-28-29-30-31-33-34-36-38-40-42-44-46-48-55(60)65-52-54(53-66-58(57(62)63)64-51-50-59(3,4)5)67-56(61)49-47-45-43-41-39-37-35-32-23-21-19-17-15-13-11-9-7-2/h21,23,54,58H,6-20,22,24-53H2,1-5H3/b23-21-. The lowest BCUT2D eigenvalue weighted by Crippen LogP contribution is -2.44. The number of unbranched alkanes of at least 4 members (excludes halogenated alkanes) is 37. The van der Waals surface area contributed by atoms with Crippen molar-refractivity contribution in [2.75, 3.05) is 47.5 Å². The van der Waals surface area contributed by atoms with E-state index in [2.05, 4.69) is 26.0 Å². The fourth-order valence-corrected chi connectivity index (χ4v) is 8.53. The lowest BCUT2D eigenvalue weighted by atomic mass is 10.0. The molecule has 9 heteroatoms. The van der Waals surface area contributed by atoms with Crippen LogP contribution in [0.3, 0.4) is 0 Å². The molecule has 2 atom stereocenters. The van der Waals surface area contributed by atoms with Crippen LogP contribution in [0, 0.1) is 0 Å². The third-order valence-corrected chi connectivity index (χ3v) is 13.0. The van der Waals surface area contributed by atoms with Crippen molar-refractivity contribution in [2.45, 2.75) is 296 Å². The van der Waals surface area contributed by atoms with E-state index in [-0.39, 0.29) is 32.2 Å². The van der Waals surface area contributed by atoms with E-state index in [4.69, 9.17) is 18.9 Å². The number of hydrogen-bond acceptors (Lipinski definition) is 8. The summed E-state index contributed by atoms with van der Waals surface area (Å²) in [5.41, 5.74) is 0. The monoisotopic (exact) mass is 950 g/mol. The van der Waals surface area contributed by atoms with Crippen molar-refractivity contribution in [3.05, 3.63) is 12.2 Å². The Kier molecular flexibility index (Phi) is 48.9. The first-order valence-electron chi connectivity index (χ1n) is 28.8. The van der Waals surface area contributed by atoms with Crippen LogP contribution >= 0.6 is 0 Å². The Morgan fingerprint density at radius 3 is 1.10 bits per heavy atom. The highest BCUT2D eigenvalue weighted by Crippen LogP contribution is 2.17. The summed E-state index contributed by atoms with van der Waals surface area (Å²) >= 11 is 0. The van der Waals surface area contributed by atoms with E-state index < -0.39 is 24.3 Å². The average molecular weight is 951 g/mol. The predicted molar refractivity (Wildman–Crippen MR) is 279 cm³/mol. The van der Waals surface area contributed by atoms with E-state index in [1.165, 1.54) is 205 Å². The van der Waals surface area contributed by atoms with Crippen LogP contribution in [0.1, 0.15) is 284 Å². The fourth-order valence-electron chi connectivity index (χ4n) is 8.53. The van der Waals surface area contributed by atoms with Gasteiger partial charge in [-0.2, -0.15) is 0 Å². The Hall–Kier alpha value is -1.97. The lowest BCUT2D eigenvalue weighted by molar-refractivity contribution is -0.870. The van der Waals surface area contributed by atoms with Gasteiger partial charge in [0.05, 0.1) is 40.3 Å². The van der Waals surface area contributed by atoms with Crippen LogP contribution in [-0.2, 0) is 33.3 Å². The Balaban J connectivity index is 4.17. The van der Waals surface area contributed by atoms with E-state index in [0.717, 1.165) is 44.9 Å². The Morgan fingerprint density at radius 2 is 0.761 bits per heavy atom. The summed E-state index contributed by atoms with van der Waals surface area (Å²) in [5.74, 6) is -2.27. The zero-order valence-corrected chi connectivity index (χ0v) is 45.0. The van der Waals surface area contributed by atoms with Gasteiger partial charge in [0, 0.05) is 12.8 Å². The highest BCUT2D eigenvalue weighted by molar-refractivity contribution is 5.70. The number of nitrogens with zero attached hydrogens (tertiary/aromatic N) is 1. The Bertz CT molecular complexity index is 1110. The Labute approximate surface area is 415 Å². The number of carbonyl (C=O) groups is 3. The molecule has 0 saturated heterocycles. The molecule has 0 amide bonds. The number of esters is 2. The summed E-state index contributed by atoms with van der Waals surface area (Å²) in [6.45, 7) is 4.79. The van der Waals surface area contributed by atoms with Gasteiger partial charge in [0.1, 0.15) is 13.2 Å². The molecule has 396 valence electrons. The molecular formula is C58H111NO8. The third kappa shape index (κ3) is 51.7. The van der Waals surface area contributed by atoms with E-state index in [0.29, 0.717) is 23.9 Å². The number of ether oxygens (including phenoxy) is 4. The first-order chi connectivity index (χ1) is 32.6. The van der Waals surface area contributed by atoms with Crippen LogP contribution in [0.4, 0.5) is 0 Å². The summed E-state index contributed by atoms with van der Waals surface area (Å²) in [5, 5.41) is 11.8. The zero-order chi connectivity index (χ0) is 49.2. The normalized spacial score (nSPS) is 12.8. The molecule has 0 N–H and O–H groups in total. The van der Waals surface area contributed by atoms with Gasteiger partial charge < -0.3 is 33.3 Å². The molecule has 0 aromatic rings. The highest BCUT2D eigenvalue weighted by atomic mass is 16.7. The molecule has 9 nitrogen and oxygen atoms in total. The molecule has 67 heavy (non-hydrogen) atoms. The van der Waals surface area contributed by atoms with Crippen LogP contribution in [0.2, 0.25) is 0 Å². The minimum Gasteiger partial charge on any atom is -0.545 e. The van der Waals surface area contributed by atoms with Gasteiger partial charge in [-0.1, -0.05) is 244 Å². The van der Waals surface area contributed by atoms with Crippen molar-refractivity contribution in [3.8, 4) is 0 Å². The molecule has 0 radical (unpaired) electrons. The van der Waals surface area contributed by atoms with E-state index in [9.17, 15) is 19.5 Å². The van der Waals surface area contributed by atoms with Gasteiger partial charge in [-0.3, -0.25) is 9.59 Å². The summed E-state index contributed by atoms with van der Waals surface area (Å²) in [6, 6.07) is 0. The van der Waals surface area contributed by atoms with Crippen molar-refractivity contribution in [1.29, 1.82) is 0 Å². The Morgan fingerprint density at radius 1 is 0.433 bits per heavy atom. The van der Waals surface area contributed by atoms with Gasteiger partial charge in [0.25, 0.3) is 0 Å². The molecule has 0 aromatic carbocycles. The number of carboxylic acid groups (broad SMARTS) is 1. The lowest BCUT2D eigenvalue weighted by Gasteiger charge is -2.26. The highest BCUT2D eigenvalue weighted by Gasteiger charge is 2.22. The average Bonchev–Trinajstić information content (AvgIpc) is 3.29. The van der Waals surface area contributed by atoms with Crippen molar-refractivity contribution in [2.24, 2.45) is 0 Å². The molecule has 0 spiro atoms. The summed E-state index contributed by atoms with van der Waals surface area (Å²) < 4.78 is 22.7.